The Morgan fingerprint density at radius 2 is 2.08 bits per heavy atom. The SMILES string of the molecule is Cc1ccc2c(c1)C(NC(=O)C(C)Oc1ccc(Cl)cc1Cl)CCO2. The lowest BCUT2D eigenvalue weighted by Crippen LogP contribution is -2.40. The van der Waals surface area contributed by atoms with Gasteiger partial charge in [0.25, 0.3) is 5.91 Å². The van der Waals surface area contributed by atoms with E-state index in [-0.39, 0.29) is 11.9 Å². The zero-order chi connectivity index (χ0) is 18.0. The van der Waals surface area contributed by atoms with E-state index in [2.05, 4.69) is 5.32 Å². The van der Waals surface area contributed by atoms with Gasteiger partial charge in [-0.1, -0.05) is 40.9 Å². The van der Waals surface area contributed by atoms with Crippen LogP contribution in [-0.2, 0) is 4.79 Å². The summed E-state index contributed by atoms with van der Waals surface area (Å²) < 4.78 is 11.3. The molecule has 1 aliphatic rings. The van der Waals surface area contributed by atoms with Gasteiger partial charge in [0.05, 0.1) is 17.7 Å². The fraction of sp³-hybridized carbons (Fsp3) is 0.316. The molecule has 1 amide bonds. The van der Waals surface area contributed by atoms with Crippen molar-refractivity contribution in [3.63, 3.8) is 0 Å². The summed E-state index contributed by atoms with van der Waals surface area (Å²) in [6, 6.07) is 10.8. The van der Waals surface area contributed by atoms with Crippen molar-refractivity contribution in [2.75, 3.05) is 6.61 Å². The molecule has 1 aliphatic heterocycles. The number of rotatable bonds is 4. The van der Waals surface area contributed by atoms with E-state index < -0.39 is 6.10 Å². The molecule has 1 heterocycles. The van der Waals surface area contributed by atoms with Gasteiger partial charge in [0.15, 0.2) is 6.10 Å². The van der Waals surface area contributed by atoms with Crippen molar-refractivity contribution in [3.8, 4) is 11.5 Å². The first-order valence-corrected chi connectivity index (χ1v) is 8.85. The van der Waals surface area contributed by atoms with Crippen molar-refractivity contribution in [2.24, 2.45) is 0 Å². The lowest BCUT2D eigenvalue weighted by atomic mass is 9.98. The van der Waals surface area contributed by atoms with Gasteiger partial charge in [-0.05, 0) is 38.1 Å². The smallest absolute Gasteiger partial charge is 0.261 e. The zero-order valence-electron chi connectivity index (χ0n) is 14.0. The van der Waals surface area contributed by atoms with Gasteiger partial charge in [-0.3, -0.25) is 4.79 Å². The Kier molecular flexibility index (Phi) is 5.40. The Labute approximate surface area is 157 Å². The predicted molar refractivity (Wildman–Crippen MR) is 98.7 cm³/mol. The monoisotopic (exact) mass is 379 g/mol. The topological polar surface area (TPSA) is 47.6 Å². The van der Waals surface area contributed by atoms with Gasteiger partial charge >= 0.3 is 0 Å². The normalized spacial score (nSPS) is 17.2. The van der Waals surface area contributed by atoms with Gasteiger partial charge in [-0.25, -0.2) is 0 Å². The molecule has 0 radical (unpaired) electrons. The lowest BCUT2D eigenvalue weighted by Gasteiger charge is -2.28. The van der Waals surface area contributed by atoms with Crippen molar-refractivity contribution in [1.29, 1.82) is 0 Å². The third-order valence-electron chi connectivity index (χ3n) is 4.09. The van der Waals surface area contributed by atoms with Crippen LogP contribution < -0.4 is 14.8 Å². The lowest BCUT2D eigenvalue weighted by molar-refractivity contribution is -0.128. The Balaban J connectivity index is 1.69. The summed E-state index contributed by atoms with van der Waals surface area (Å²) in [7, 11) is 0. The number of aryl methyl sites for hydroxylation is 1. The van der Waals surface area contributed by atoms with E-state index in [1.165, 1.54) is 0 Å². The highest BCUT2D eigenvalue weighted by Crippen LogP contribution is 2.33. The summed E-state index contributed by atoms with van der Waals surface area (Å²) in [5, 5.41) is 3.93. The van der Waals surface area contributed by atoms with Gasteiger partial charge in [0, 0.05) is 17.0 Å². The molecule has 4 nitrogen and oxygen atoms in total. The number of benzene rings is 2. The van der Waals surface area contributed by atoms with E-state index in [4.69, 9.17) is 32.7 Å². The van der Waals surface area contributed by atoms with Crippen LogP contribution in [0.15, 0.2) is 36.4 Å². The number of carbonyl (C=O) groups is 1. The molecule has 25 heavy (non-hydrogen) atoms. The molecular formula is C19H19Cl2NO3. The molecule has 0 saturated carbocycles. The zero-order valence-corrected chi connectivity index (χ0v) is 15.5. The number of halogens is 2. The molecule has 0 fully saturated rings. The maximum atomic E-state index is 12.5. The largest absolute Gasteiger partial charge is 0.493 e. The van der Waals surface area contributed by atoms with Crippen LogP contribution >= 0.6 is 23.2 Å². The summed E-state index contributed by atoms with van der Waals surface area (Å²) in [6.45, 7) is 4.28. The third-order valence-corrected chi connectivity index (χ3v) is 4.62. The summed E-state index contributed by atoms with van der Waals surface area (Å²) >= 11 is 12.0. The summed E-state index contributed by atoms with van der Waals surface area (Å²) in [5.74, 6) is 1.04. The van der Waals surface area contributed by atoms with Crippen LogP contribution in [0, 0.1) is 6.92 Å². The average molecular weight is 380 g/mol. The van der Waals surface area contributed by atoms with Crippen molar-refractivity contribution < 1.29 is 14.3 Å². The molecule has 3 rings (SSSR count). The van der Waals surface area contributed by atoms with Crippen LogP contribution in [0.3, 0.4) is 0 Å². The van der Waals surface area contributed by atoms with Crippen LogP contribution in [0.4, 0.5) is 0 Å². The van der Waals surface area contributed by atoms with E-state index in [9.17, 15) is 4.79 Å². The summed E-state index contributed by atoms with van der Waals surface area (Å²) in [6.07, 6.45) is 0.0335. The molecular weight excluding hydrogens is 361 g/mol. The fourth-order valence-electron chi connectivity index (χ4n) is 2.77. The molecule has 1 N–H and O–H groups in total. The average Bonchev–Trinajstić information content (AvgIpc) is 2.57. The molecule has 2 unspecified atom stereocenters. The number of ether oxygens (including phenoxy) is 2. The highest BCUT2D eigenvalue weighted by Gasteiger charge is 2.26. The van der Waals surface area contributed by atoms with Crippen LogP contribution in [0.1, 0.15) is 30.5 Å². The number of hydrogen-bond donors (Lipinski definition) is 1. The highest BCUT2D eigenvalue weighted by molar-refractivity contribution is 6.35. The van der Waals surface area contributed by atoms with Crippen molar-refractivity contribution in [1.82, 2.24) is 5.32 Å². The first-order chi connectivity index (χ1) is 11.9. The molecule has 0 bridgehead atoms. The second kappa shape index (κ2) is 7.54. The first kappa shape index (κ1) is 17.9. The van der Waals surface area contributed by atoms with Gasteiger partial charge in [0.1, 0.15) is 11.5 Å². The number of nitrogens with one attached hydrogen (secondary N) is 1. The Hall–Kier alpha value is -1.91. The summed E-state index contributed by atoms with van der Waals surface area (Å²) in [5.41, 5.74) is 2.12. The Morgan fingerprint density at radius 1 is 1.28 bits per heavy atom. The second-order valence-corrected chi connectivity index (χ2v) is 6.92. The number of fused-ring (bicyclic) bond motifs is 1. The number of hydrogen-bond acceptors (Lipinski definition) is 3. The Morgan fingerprint density at radius 3 is 2.84 bits per heavy atom. The Bertz CT molecular complexity index is 794. The van der Waals surface area contributed by atoms with Crippen molar-refractivity contribution >= 4 is 29.1 Å². The van der Waals surface area contributed by atoms with Crippen LogP contribution in [0.2, 0.25) is 10.0 Å². The molecule has 0 saturated heterocycles. The highest BCUT2D eigenvalue weighted by atomic mass is 35.5. The molecule has 2 aromatic rings. The molecule has 0 aromatic heterocycles. The van der Waals surface area contributed by atoms with Gasteiger partial charge in [-0.15, -0.1) is 0 Å². The maximum Gasteiger partial charge on any atom is 0.261 e. The minimum atomic E-state index is -0.685. The van der Waals surface area contributed by atoms with Gasteiger partial charge in [-0.2, -0.15) is 0 Å². The van der Waals surface area contributed by atoms with E-state index in [0.717, 1.165) is 23.3 Å². The quantitative estimate of drug-likeness (QED) is 0.836. The second-order valence-electron chi connectivity index (χ2n) is 6.07. The standard InChI is InChI=1S/C19H19Cl2NO3/c1-11-3-5-17-14(9-11)16(7-8-24-17)22-19(23)12(2)25-18-6-4-13(20)10-15(18)21/h3-6,9-10,12,16H,7-8H2,1-2H3,(H,22,23). The first-order valence-electron chi connectivity index (χ1n) is 8.09. The molecule has 132 valence electrons. The maximum absolute atomic E-state index is 12.5. The molecule has 6 heteroatoms. The third kappa shape index (κ3) is 4.20. The van der Waals surface area contributed by atoms with Crippen LogP contribution in [0.25, 0.3) is 0 Å². The number of carbonyl (C=O) groups excluding carboxylic acids is 1. The minimum absolute atomic E-state index is 0.0945. The fourth-order valence-corrected chi connectivity index (χ4v) is 3.22. The van der Waals surface area contributed by atoms with Gasteiger partial charge < -0.3 is 14.8 Å². The van der Waals surface area contributed by atoms with Crippen molar-refractivity contribution in [3.05, 3.63) is 57.6 Å². The van der Waals surface area contributed by atoms with E-state index in [1.54, 1.807) is 25.1 Å². The minimum Gasteiger partial charge on any atom is -0.493 e. The van der Waals surface area contributed by atoms with Crippen LogP contribution in [-0.4, -0.2) is 18.6 Å². The predicted octanol–water partition coefficient (Wildman–Crippen LogP) is 4.71. The van der Waals surface area contributed by atoms with E-state index in [1.807, 2.05) is 25.1 Å². The number of amides is 1. The molecule has 0 spiro atoms. The summed E-state index contributed by atoms with van der Waals surface area (Å²) in [4.78, 5) is 12.5. The molecule has 0 aliphatic carbocycles. The van der Waals surface area contributed by atoms with E-state index >= 15 is 0 Å². The van der Waals surface area contributed by atoms with Crippen LogP contribution in [0.5, 0.6) is 11.5 Å². The van der Waals surface area contributed by atoms with Gasteiger partial charge in [0.2, 0.25) is 0 Å². The van der Waals surface area contributed by atoms with E-state index in [0.29, 0.717) is 22.4 Å². The van der Waals surface area contributed by atoms with Crippen molar-refractivity contribution in [2.45, 2.75) is 32.4 Å². The molecule has 2 aromatic carbocycles. The molecule has 2 atom stereocenters.